The zero-order chi connectivity index (χ0) is 11.7. The molecule has 2 heterocycles. The maximum atomic E-state index is 8.76. The summed E-state index contributed by atoms with van der Waals surface area (Å²) in [6.07, 6.45) is 1.55. The van der Waals surface area contributed by atoms with Gasteiger partial charge in [0.1, 0.15) is 11.8 Å². The van der Waals surface area contributed by atoms with Crippen LogP contribution in [0.5, 0.6) is 0 Å². The molecule has 0 unspecified atom stereocenters. The molecule has 0 aliphatic carbocycles. The van der Waals surface area contributed by atoms with Crippen LogP contribution in [0.1, 0.15) is 17.1 Å². The number of aromatic nitrogens is 4. The molecule has 5 nitrogen and oxygen atoms in total. The van der Waals surface area contributed by atoms with Gasteiger partial charge in [-0.2, -0.15) is 10.4 Å². The molecule has 2 aromatic heterocycles. The van der Waals surface area contributed by atoms with Gasteiger partial charge in [-0.05, 0) is 35.8 Å². The third kappa shape index (κ3) is 1.70. The highest BCUT2D eigenvalue weighted by Crippen LogP contribution is 2.21. The van der Waals surface area contributed by atoms with Gasteiger partial charge < -0.3 is 0 Å². The largest absolute Gasteiger partial charge is 0.252 e. The van der Waals surface area contributed by atoms with Gasteiger partial charge in [0, 0.05) is 6.20 Å². The van der Waals surface area contributed by atoms with Crippen molar-refractivity contribution in [1.82, 2.24) is 19.7 Å². The summed E-state index contributed by atoms with van der Waals surface area (Å²) in [4.78, 5) is 8.17. The number of rotatable bonds is 1. The van der Waals surface area contributed by atoms with Crippen molar-refractivity contribution >= 4 is 15.9 Å². The van der Waals surface area contributed by atoms with Crippen LogP contribution in [0.2, 0.25) is 0 Å². The predicted molar refractivity (Wildman–Crippen MR) is 61.0 cm³/mol. The Labute approximate surface area is 101 Å². The molecule has 0 fully saturated rings. The van der Waals surface area contributed by atoms with E-state index in [4.69, 9.17) is 5.26 Å². The third-order valence-electron chi connectivity index (χ3n) is 2.15. The van der Waals surface area contributed by atoms with E-state index < -0.39 is 0 Å². The highest BCUT2D eigenvalue weighted by atomic mass is 79.9. The number of nitrogens with zero attached hydrogens (tertiary/aromatic N) is 5. The highest BCUT2D eigenvalue weighted by Gasteiger charge is 2.12. The standard InChI is InChI=1S/C10H8BrN5/c1-6-9(11)7(2)16(15-6)10-13-4-3-8(5-12)14-10/h3-4H,1-2H3. The van der Waals surface area contributed by atoms with Crippen LogP contribution in [0.4, 0.5) is 0 Å². The summed E-state index contributed by atoms with van der Waals surface area (Å²) in [5.41, 5.74) is 2.10. The van der Waals surface area contributed by atoms with Crippen LogP contribution in [0.15, 0.2) is 16.7 Å². The molecule has 16 heavy (non-hydrogen) atoms. The molecule has 80 valence electrons. The third-order valence-corrected chi connectivity index (χ3v) is 3.30. The Morgan fingerprint density at radius 3 is 2.75 bits per heavy atom. The molecule has 0 aliphatic heterocycles. The maximum absolute atomic E-state index is 8.76. The topological polar surface area (TPSA) is 67.4 Å². The van der Waals surface area contributed by atoms with Gasteiger partial charge in [-0.3, -0.25) is 0 Å². The SMILES string of the molecule is Cc1nn(-c2nccc(C#N)n2)c(C)c1Br. The lowest BCUT2D eigenvalue weighted by Gasteiger charge is -2.01. The predicted octanol–water partition coefficient (Wildman–Crippen LogP) is 1.91. The van der Waals surface area contributed by atoms with E-state index >= 15 is 0 Å². The normalized spacial score (nSPS) is 10.1. The lowest BCUT2D eigenvalue weighted by atomic mass is 10.4. The Kier molecular flexibility index (Phi) is 2.71. The molecule has 0 saturated heterocycles. The van der Waals surface area contributed by atoms with Crippen LogP contribution < -0.4 is 0 Å². The van der Waals surface area contributed by atoms with E-state index in [1.807, 2.05) is 19.9 Å². The molecule has 0 radical (unpaired) electrons. The summed E-state index contributed by atoms with van der Waals surface area (Å²) >= 11 is 3.43. The molecule has 2 rings (SSSR count). The summed E-state index contributed by atoms with van der Waals surface area (Å²) in [7, 11) is 0. The Morgan fingerprint density at radius 2 is 2.19 bits per heavy atom. The average molecular weight is 278 g/mol. The first kappa shape index (κ1) is 10.8. The molecule has 0 atom stereocenters. The van der Waals surface area contributed by atoms with Crippen LogP contribution in [-0.2, 0) is 0 Å². The molecule has 0 saturated carbocycles. The summed E-state index contributed by atoms with van der Waals surface area (Å²) in [5, 5.41) is 13.0. The summed E-state index contributed by atoms with van der Waals surface area (Å²) in [5.74, 6) is 0.408. The zero-order valence-corrected chi connectivity index (χ0v) is 10.4. The lowest BCUT2D eigenvalue weighted by Crippen LogP contribution is -2.05. The van der Waals surface area contributed by atoms with Crippen molar-refractivity contribution in [2.45, 2.75) is 13.8 Å². The van der Waals surface area contributed by atoms with Gasteiger partial charge in [-0.1, -0.05) is 0 Å². The minimum absolute atomic E-state index is 0.327. The first-order valence-corrected chi connectivity index (χ1v) is 5.38. The van der Waals surface area contributed by atoms with Crippen LogP contribution >= 0.6 is 15.9 Å². The van der Waals surface area contributed by atoms with Gasteiger partial charge in [-0.15, -0.1) is 0 Å². The molecule has 0 aromatic carbocycles. The van der Waals surface area contributed by atoms with Gasteiger partial charge in [0.05, 0.1) is 15.9 Å². The molecular formula is C10H8BrN5. The van der Waals surface area contributed by atoms with Crippen molar-refractivity contribution in [1.29, 1.82) is 5.26 Å². The smallest absolute Gasteiger partial charge is 0.220 e. The minimum atomic E-state index is 0.327. The Balaban J connectivity index is 2.59. The second kappa shape index (κ2) is 4.02. The van der Waals surface area contributed by atoms with Crippen molar-refractivity contribution in [3.05, 3.63) is 33.8 Å². The van der Waals surface area contributed by atoms with Crippen molar-refractivity contribution in [2.75, 3.05) is 0 Å². The molecule has 2 aromatic rings. The molecule has 0 spiro atoms. The van der Waals surface area contributed by atoms with Crippen molar-refractivity contribution in [2.24, 2.45) is 0 Å². The monoisotopic (exact) mass is 277 g/mol. The van der Waals surface area contributed by atoms with E-state index in [0.717, 1.165) is 15.9 Å². The average Bonchev–Trinajstić information content (AvgIpc) is 2.57. The quantitative estimate of drug-likeness (QED) is 0.799. The number of nitriles is 1. The van der Waals surface area contributed by atoms with Gasteiger partial charge in [0.2, 0.25) is 0 Å². The van der Waals surface area contributed by atoms with E-state index in [2.05, 4.69) is 31.0 Å². The summed E-state index contributed by atoms with van der Waals surface area (Å²) < 4.78 is 2.54. The first-order valence-electron chi connectivity index (χ1n) is 4.58. The lowest BCUT2D eigenvalue weighted by molar-refractivity contribution is 0.771. The fraction of sp³-hybridized carbons (Fsp3) is 0.200. The minimum Gasteiger partial charge on any atom is -0.220 e. The molecule has 6 heteroatoms. The number of aryl methyl sites for hydroxylation is 1. The molecule has 0 aliphatic rings. The fourth-order valence-electron chi connectivity index (χ4n) is 1.33. The Hall–Kier alpha value is -1.74. The van der Waals surface area contributed by atoms with Crippen molar-refractivity contribution < 1.29 is 0 Å². The molecule has 0 bridgehead atoms. The number of hydrogen-bond acceptors (Lipinski definition) is 4. The van der Waals surface area contributed by atoms with Crippen molar-refractivity contribution in [3.63, 3.8) is 0 Å². The number of hydrogen-bond donors (Lipinski definition) is 0. The fourth-order valence-corrected chi connectivity index (χ4v) is 1.58. The van der Waals surface area contributed by atoms with E-state index in [1.165, 1.54) is 0 Å². The number of halogens is 1. The summed E-state index contributed by atoms with van der Waals surface area (Å²) in [6.45, 7) is 3.80. The Bertz CT molecular complexity index is 581. The van der Waals surface area contributed by atoms with Gasteiger partial charge in [0.15, 0.2) is 0 Å². The van der Waals surface area contributed by atoms with Gasteiger partial charge in [-0.25, -0.2) is 14.6 Å². The molecular weight excluding hydrogens is 270 g/mol. The van der Waals surface area contributed by atoms with E-state index in [0.29, 0.717) is 11.6 Å². The maximum Gasteiger partial charge on any atom is 0.252 e. The van der Waals surface area contributed by atoms with E-state index in [-0.39, 0.29) is 0 Å². The highest BCUT2D eigenvalue weighted by molar-refractivity contribution is 9.10. The summed E-state index contributed by atoms with van der Waals surface area (Å²) in [6, 6.07) is 3.53. The second-order valence-electron chi connectivity index (χ2n) is 3.25. The van der Waals surface area contributed by atoms with Crippen LogP contribution in [0.3, 0.4) is 0 Å². The first-order chi connectivity index (χ1) is 7.63. The molecule has 0 N–H and O–H groups in total. The van der Waals surface area contributed by atoms with Crippen LogP contribution in [0.25, 0.3) is 5.95 Å². The zero-order valence-electron chi connectivity index (χ0n) is 8.77. The van der Waals surface area contributed by atoms with Gasteiger partial charge in [0.25, 0.3) is 5.95 Å². The second-order valence-corrected chi connectivity index (χ2v) is 4.04. The van der Waals surface area contributed by atoms with E-state index in [9.17, 15) is 0 Å². The van der Waals surface area contributed by atoms with Crippen LogP contribution in [-0.4, -0.2) is 19.7 Å². The van der Waals surface area contributed by atoms with Crippen LogP contribution in [0, 0.1) is 25.2 Å². The molecule has 0 amide bonds. The van der Waals surface area contributed by atoms with E-state index in [1.54, 1.807) is 16.9 Å². The van der Waals surface area contributed by atoms with Crippen molar-refractivity contribution in [3.8, 4) is 12.0 Å². The van der Waals surface area contributed by atoms with Gasteiger partial charge >= 0.3 is 0 Å². The Morgan fingerprint density at radius 1 is 1.44 bits per heavy atom.